The molecule has 2 unspecified atom stereocenters. The Morgan fingerprint density at radius 2 is 1.85 bits per heavy atom. The number of ether oxygens (including phenoxy) is 4. The number of nitrogens with zero attached hydrogens (tertiary/aromatic N) is 4. The molecule has 2 aromatic rings. The van der Waals surface area contributed by atoms with Crippen molar-refractivity contribution in [2.45, 2.75) is 77.9 Å². The predicted octanol–water partition coefficient (Wildman–Crippen LogP) is 2.68. The van der Waals surface area contributed by atoms with Gasteiger partial charge in [-0.05, 0) is 25.0 Å². The van der Waals surface area contributed by atoms with Gasteiger partial charge in [0.25, 0.3) is 11.8 Å². The smallest absolute Gasteiger partial charge is 0.333 e. The summed E-state index contributed by atoms with van der Waals surface area (Å²) >= 11 is 0. The number of hydroxylamine groups is 2. The zero-order valence-corrected chi connectivity index (χ0v) is 23.7. The lowest BCUT2D eigenvalue weighted by Crippen LogP contribution is -2.53. The summed E-state index contributed by atoms with van der Waals surface area (Å²) in [6, 6.07) is 7.50. The Labute approximate surface area is 237 Å². The third-order valence-corrected chi connectivity index (χ3v) is 7.28. The van der Waals surface area contributed by atoms with Gasteiger partial charge in [-0.15, -0.1) is 10.2 Å². The maximum Gasteiger partial charge on any atom is 0.333 e. The van der Waals surface area contributed by atoms with Crippen molar-refractivity contribution in [2.24, 2.45) is 11.8 Å². The summed E-state index contributed by atoms with van der Waals surface area (Å²) < 4.78 is 25.0. The summed E-state index contributed by atoms with van der Waals surface area (Å²) in [7, 11) is 1.60. The van der Waals surface area contributed by atoms with Gasteiger partial charge in [0.05, 0.1) is 19.9 Å². The average Bonchev–Trinajstić information content (AvgIpc) is 3.55. The van der Waals surface area contributed by atoms with E-state index in [1.807, 2.05) is 38.1 Å². The van der Waals surface area contributed by atoms with Crippen molar-refractivity contribution < 1.29 is 43.0 Å². The van der Waals surface area contributed by atoms with Crippen LogP contribution in [0.25, 0.3) is 11.3 Å². The Kier molecular flexibility index (Phi) is 10.1. The Morgan fingerprint density at radius 1 is 1.10 bits per heavy atom. The molecule has 2 saturated heterocycles. The van der Waals surface area contributed by atoms with Crippen molar-refractivity contribution in [1.29, 1.82) is 0 Å². The molecule has 0 spiro atoms. The first-order chi connectivity index (χ1) is 19.7. The minimum atomic E-state index is -0.644. The fourth-order valence-corrected chi connectivity index (χ4v) is 4.83. The molecule has 41 heavy (non-hydrogen) atoms. The number of aromatic nitrogens is 3. The van der Waals surface area contributed by atoms with E-state index < -0.39 is 42.3 Å². The second-order valence-corrected chi connectivity index (χ2v) is 10.3. The van der Waals surface area contributed by atoms with Gasteiger partial charge in [-0.3, -0.25) is 14.4 Å². The number of esters is 1. The maximum absolute atomic E-state index is 12.0. The Hall–Kier alpha value is -3.84. The van der Waals surface area contributed by atoms with Gasteiger partial charge in [0.15, 0.2) is 6.29 Å². The Bertz CT molecular complexity index is 1230. The standard InChI is InChI=1S/C28H36N4O9/c1-17-18(2)28(38-13-6-5-10-26(36)41-32-24(34)11-12-25(32)35)40-23(27(17)39-19(3)33)16-31-15-22(29-30-31)20-8-7-9-21(14-20)37-4/h7-9,14-15,17-18,23,27-28H,5-6,10-13,16H2,1-4H3/t17-,18?,23?,27-,28+/m1/s1. The summed E-state index contributed by atoms with van der Waals surface area (Å²) in [5.74, 6) is -1.51. The quantitative estimate of drug-likeness (QED) is 0.210. The van der Waals surface area contributed by atoms with Crippen molar-refractivity contribution in [1.82, 2.24) is 20.1 Å². The minimum absolute atomic E-state index is 0.0387. The molecule has 0 saturated carbocycles. The van der Waals surface area contributed by atoms with Crippen LogP contribution in [0.1, 0.15) is 52.9 Å². The highest BCUT2D eigenvalue weighted by molar-refractivity contribution is 6.01. The van der Waals surface area contributed by atoms with E-state index in [2.05, 4.69) is 10.3 Å². The molecule has 2 aliphatic rings. The first-order valence-electron chi connectivity index (χ1n) is 13.7. The first-order valence-corrected chi connectivity index (χ1v) is 13.7. The molecule has 2 fully saturated rings. The van der Waals surface area contributed by atoms with Crippen LogP contribution in [0.4, 0.5) is 0 Å². The number of hydrogen-bond donors (Lipinski definition) is 0. The number of imide groups is 1. The fourth-order valence-electron chi connectivity index (χ4n) is 4.83. The molecule has 13 heteroatoms. The average molecular weight is 573 g/mol. The summed E-state index contributed by atoms with van der Waals surface area (Å²) in [4.78, 5) is 52.0. The highest BCUT2D eigenvalue weighted by Gasteiger charge is 2.44. The van der Waals surface area contributed by atoms with Crippen LogP contribution in [-0.2, 0) is 44.8 Å². The summed E-state index contributed by atoms with van der Waals surface area (Å²) in [6.07, 6.45) is 1.28. The van der Waals surface area contributed by atoms with Crippen LogP contribution in [0, 0.1) is 11.8 Å². The van der Waals surface area contributed by atoms with Crippen LogP contribution in [-0.4, -0.2) is 76.0 Å². The Morgan fingerprint density at radius 3 is 2.56 bits per heavy atom. The molecule has 0 bridgehead atoms. The lowest BCUT2D eigenvalue weighted by atomic mass is 9.84. The first kappa shape index (κ1) is 30.1. The van der Waals surface area contributed by atoms with E-state index in [4.69, 9.17) is 23.8 Å². The number of rotatable bonds is 12. The highest BCUT2D eigenvalue weighted by Crippen LogP contribution is 2.34. The number of amides is 2. The minimum Gasteiger partial charge on any atom is -0.497 e. The van der Waals surface area contributed by atoms with Gasteiger partial charge in [0.1, 0.15) is 23.7 Å². The lowest BCUT2D eigenvalue weighted by molar-refractivity contribution is -0.269. The largest absolute Gasteiger partial charge is 0.497 e. The molecule has 1 aromatic carbocycles. The van der Waals surface area contributed by atoms with Crippen molar-refractivity contribution in [3.8, 4) is 17.0 Å². The van der Waals surface area contributed by atoms with Crippen molar-refractivity contribution in [3.63, 3.8) is 0 Å². The van der Waals surface area contributed by atoms with Gasteiger partial charge in [-0.1, -0.05) is 31.2 Å². The second kappa shape index (κ2) is 13.7. The molecule has 0 N–H and O–H groups in total. The monoisotopic (exact) mass is 572 g/mol. The van der Waals surface area contributed by atoms with E-state index >= 15 is 0 Å². The molecule has 2 aliphatic heterocycles. The summed E-state index contributed by atoms with van der Waals surface area (Å²) in [5, 5.41) is 9.07. The van der Waals surface area contributed by atoms with E-state index in [9.17, 15) is 19.2 Å². The van der Waals surface area contributed by atoms with Crippen LogP contribution >= 0.6 is 0 Å². The molecule has 222 valence electrons. The third kappa shape index (κ3) is 7.67. The number of carbonyl (C=O) groups excluding carboxylic acids is 4. The molecular formula is C28H36N4O9. The predicted molar refractivity (Wildman–Crippen MR) is 142 cm³/mol. The maximum atomic E-state index is 12.0. The number of benzene rings is 1. The van der Waals surface area contributed by atoms with Crippen LogP contribution in [0.5, 0.6) is 5.75 Å². The summed E-state index contributed by atoms with van der Waals surface area (Å²) in [6.45, 7) is 5.92. The zero-order valence-electron chi connectivity index (χ0n) is 23.7. The van der Waals surface area contributed by atoms with E-state index in [0.717, 1.165) is 5.56 Å². The van der Waals surface area contributed by atoms with Crippen molar-refractivity contribution >= 4 is 23.8 Å². The Balaban J connectivity index is 1.32. The van der Waals surface area contributed by atoms with Gasteiger partial charge in [-0.2, -0.15) is 0 Å². The molecule has 1 aromatic heterocycles. The lowest BCUT2D eigenvalue weighted by Gasteiger charge is -2.43. The normalized spacial score (nSPS) is 24.4. The van der Waals surface area contributed by atoms with Gasteiger partial charge >= 0.3 is 11.9 Å². The van der Waals surface area contributed by atoms with Gasteiger partial charge < -0.3 is 23.8 Å². The highest BCUT2D eigenvalue weighted by atomic mass is 16.7. The molecule has 0 radical (unpaired) electrons. The SMILES string of the molecule is COc1cccc(-c2cn(CC3O[C@H](OCCCCC(=O)ON4C(=O)CCC4=O)C(C)[C@@H](C)[C@H]3OC(C)=O)nn2)c1. The van der Waals surface area contributed by atoms with E-state index in [1.54, 1.807) is 18.0 Å². The van der Waals surface area contributed by atoms with Crippen LogP contribution in [0.3, 0.4) is 0 Å². The molecule has 3 heterocycles. The second-order valence-electron chi connectivity index (χ2n) is 10.3. The number of carbonyl (C=O) groups is 4. The molecule has 5 atom stereocenters. The zero-order chi connectivity index (χ0) is 29.5. The molecule has 4 rings (SSSR count). The fraction of sp³-hybridized carbons (Fsp3) is 0.571. The number of hydrogen-bond acceptors (Lipinski definition) is 11. The van der Waals surface area contributed by atoms with Gasteiger partial charge in [-0.25, -0.2) is 9.48 Å². The van der Waals surface area contributed by atoms with E-state index in [-0.39, 0.29) is 37.6 Å². The van der Waals surface area contributed by atoms with Crippen molar-refractivity contribution in [3.05, 3.63) is 30.5 Å². The van der Waals surface area contributed by atoms with Crippen LogP contribution in [0.2, 0.25) is 0 Å². The molecule has 13 nitrogen and oxygen atoms in total. The summed E-state index contributed by atoms with van der Waals surface area (Å²) in [5.41, 5.74) is 1.51. The van der Waals surface area contributed by atoms with E-state index in [1.165, 1.54) is 6.92 Å². The topological polar surface area (TPSA) is 148 Å². The van der Waals surface area contributed by atoms with Gasteiger partial charge in [0.2, 0.25) is 0 Å². The van der Waals surface area contributed by atoms with Crippen molar-refractivity contribution in [2.75, 3.05) is 13.7 Å². The number of methoxy groups -OCH3 is 1. The third-order valence-electron chi connectivity index (χ3n) is 7.28. The van der Waals surface area contributed by atoms with Crippen LogP contribution < -0.4 is 4.74 Å². The molecule has 2 amide bonds. The number of unbranched alkanes of at least 4 members (excludes halogenated alkanes) is 1. The molecule has 0 aliphatic carbocycles. The van der Waals surface area contributed by atoms with Gasteiger partial charge in [0, 0.05) is 50.2 Å². The molecular weight excluding hydrogens is 536 g/mol. The van der Waals surface area contributed by atoms with E-state index in [0.29, 0.717) is 36.0 Å². The van der Waals surface area contributed by atoms with Crippen LogP contribution in [0.15, 0.2) is 30.5 Å².